The van der Waals surface area contributed by atoms with Crippen molar-refractivity contribution in [2.24, 2.45) is 0 Å². The summed E-state index contributed by atoms with van der Waals surface area (Å²) in [6, 6.07) is 11.3. The van der Waals surface area contributed by atoms with Crippen molar-refractivity contribution in [1.82, 2.24) is 4.98 Å². The van der Waals surface area contributed by atoms with Crippen molar-refractivity contribution in [3.05, 3.63) is 87.1 Å². The molecule has 1 fully saturated rings. The summed E-state index contributed by atoms with van der Waals surface area (Å²) in [4.78, 5) is 32.1. The van der Waals surface area contributed by atoms with Crippen LogP contribution in [0.4, 0.5) is 13.9 Å². The highest BCUT2D eigenvalue weighted by atomic mass is 32.1. The molecule has 9 heteroatoms. The standard InChI is InChI=1S/C23H14F2N2O3S2/c1-11-4-6-12(7-5-11)20(28)17-19(15-3-2-8-31-15)27(22(30)21(17)29)23-26-18-14(25)9-13(24)10-16(18)32-23/h2-10,19,28H,1H3/b20-17+. The van der Waals surface area contributed by atoms with Gasteiger partial charge < -0.3 is 5.11 Å². The van der Waals surface area contributed by atoms with Crippen LogP contribution in [0.2, 0.25) is 0 Å². The Kier molecular flexibility index (Phi) is 4.87. The summed E-state index contributed by atoms with van der Waals surface area (Å²) < 4.78 is 28.1. The summed E-state index contributed by atoms with van der Waals surface area (Å²) in [5.74, 6) is -3.68. The van der Waals surface area contributed by atoms with Gasteiger partial charge in [0.25, 0.3) is 5.78 Å². The molecule has 1 saturated heterocycles. The Bertz CT molecular complexity index is 1410. The quantitative estimate of drug-likeness (QED) is 0.242. The van der Waals surface area contributed by atoms with Gasteiger partial charge >= 0.3 is 5.91 Å². The first-order valence-corrected chi connectivity index (χ1v) is 11.2. The molecule has 1 amide bonds. The molecule has 1 aliphatic heterocycles. The monoisotopic (exact) mass is 468 g/mol. The number of thiazole rings is 1. The Morgan fingerprint density at radius 3 is 2.56 bits per heavy atom. The second kappa shape index (κ2) is 7.61. The minimum atomic E-state index is -0.940. The number of aryl methyl sites for hydroxylation is 1. The molecule has 160 valence electrons. The van der Waals surface area contributed by atoms with Crippen LogP contribution >= 0.6 is 22.7 Å². The van der Waals surface area contributed by atoms with Gasteiger partial charge in [0.15, 0.2) is 10.9 Å². The van der Waals surface area contributed by atoms with E-state index in [1.54, 1.807) is 41.8 Å². The van der Waals surface area contributed by atoms with Crippen molar-refractivity contribution in [3.8, 4) is 0 Å². The molecule has 1 aliphatic rings. The summed E-state index contributed by atoms with van der Waals surface area (Å²) >= 11 is 2.21. The maximum absolute atomic E-state index is 14.2. The third-order valence-electron chi connectivity index (χ3n) is 5.19. The second-order valence-corrected chi connectivity index (χ2v) is 9.27. The van der Waals surface area contributed by atoms with Crippen LogP contribution < -0.4 is 4.90 Å². The van der Waals surface area contributed by atoms with Crippen LogP contribution in [0.3, 0.4) is 0 Å². The van der Waals surface area contributed by atoms with Crippen LogP contribution in [0.5, 0.6) is 0 Å². The zero-order valence-corrected chi connectivity index (χ0v) is 18.1. The molecule has 32 heavy (non-hydrogen) atoms. The third kappa shape index (κ3) is 3.21. The molecule has 3 heterocycles. The zero-order chi connectivity index (χ0) is 22.6. The fraction of sp³-hybridized carbons (Fsp3) is 0.0870. The van der Waals surface area contributed by atoms with Crippen LogP contribution in [-0.4, -0.2) is 21.8 Å². The number of carbonyl (C=O) groups excluding carboxylic acids is 2. The highest BCUT2D eigenvalue weighted by Gasteiger charge is 2.48. The normalized spacial score (nSPS) is 18.1. The highest BCUT2D eigenvalue weighted by molar-refractivity contribution is 7.22. The van der Waals surface area contributed by atoms with Crippen molar-refractivity contribution < 1.29 is 23.5 Å². The molecule has 0 spiro atoms. The Morgan fingerprint density at radius 2 is 1.88 bits per heavy atom. The number of aliphatic hydroxyl groups excluding tert-OH is 1. The number of amides is 1. The van der Waals surface area contributed by atoms with Crippen molar-refractivity contribution in [1.29, 1.82) is 0 Å². The number of fused-ring (bicyclic) bond motifs is 1. The van der Waals surface area contributed by atoms with Crippen LogP contribution in [0.15, 0.2) is 59.5 Å². The zero-order valence-electron chi connectivity index (χ0n) is 16.5. The number of thiophene rings is 1. The van der Waals surface area contributed by atoms with Crippen LogP contribution in [-0.2, 0) is 9.59 Å². The Hall–Kier alpha value is -3.43. The number of Topliss-reactive ketones (excluding diaryl/α,β-unsaturated/α-hetero) is 1. The topological polar surface area (TPSA) is 70.5 Å². The van der Waals surface area contributed by atoms with Crippen molar-refractivity contribution in [2.45, 2.75) is 13.0 Å². The van der Waals surface area contributed by atoms with Crippen molar-refractivity contribution >= 4 is 55.5 Å². The van der Waals surface area contributed by atoms with Gasteiger partial charge in [0, 0.05) is 16.5 Å². The van der Waals surface area contributed by atoms with E-state index >= 15 is 0 Å². The van der Waals surface area contributed by atoms with Gasteiger partial charge in [-0.25, -0.2) is 13.8 Å². The van der Waals surface area contributed by atoms with Gasteiger partial charge in [0.1, 0.15) is 23.1 Å². The number of ketones is 1. The predicted octanol–water partition coefficient (Wildman–Crippen LogP) is 5.57. The summed E-state index contributed by atoms with van der Waals surface area (Å²) in [5, 5.41) is 12.8. The van der Waals surface area contributed by atoms with E-state index < -0.39 is 29.4 Å². The number of nitrogens with zero attached hydrogens (tertiary/aromatic N) is 2. The maximum atomic E-state index is 14.2. The van der Waals surface area contributed by atoms with E-state index in [0.29, 0.717) is 16.5 Å². The summed E-state index contributed by atoms with van der Waals surface area (Å²) in [5.41, 5.74) is 1.21. The number of rotatable bonds is 3. The Balaban J connectivity index is 1.72. The third-order valence-corrected chi connectivity index (χ3v) is 7.12. The van der Waals surface area contributed by atoms with E-state index in [0.717, 1.165) is 27.9 Å². The van der Waals surface area contributed by atoms with Gasteiger partial charge in [0.05, 0.1) is 10.3 Å². The molecule has 4 aromatic rings. The molecular formula is C23H14F2N2O3S2. The smallest absolute Gasteiger partial charge is 0.301 e. The number of halogens is 2. The number of aromatic nitrogens is 1. The molecule has 0 radical (unpaired) electrons. The minimum Gasteiger partial charge on any atom is -0.507 e. The molecule has 1 N–H and O–H groups in total. The average Bonchev–Trinajstić information content (AvgIpc) is 3.47. The van der Waals surface area contributed by atoms with Crippen LogP contribution in [0.1, 0.15) is 22.0 Å². The average molecular weight is 469 g/mol. The lowest BCUT2D eigenvalue weighted by molar-refractivity contribution is -0.132. The molecule has 5 nitrogen and oxygen atoms in total. The molecule has 0 saturated carbocycles. The van der Waals surface area contributed by atoms with Gasteiger partial charge in [-0.2, -0.15) is 0 Å². The maximum Gasteiger partial charge on any atom is 0.301 e. The number of carbonyl (C=O) groups is 2. The van der Waals surface area contributed by atoms with E-state index in [4.69, 9.17) is 0 Å². The summed E-state index contributed by atoms with van der Waals surface area (Å²) in [7, 11) is 0. The molecule has 1 unspecified atom stereocenters. The fourth-order valence-electron chi connectivity index (χ4n) is 3.66. The molecule has 5 rings (SSSR count). The summed E-state index contributed by atoms with van der Waals surface area (Å²) in [6.07, 6.45) is 0. The number of hydrogen-bond donors (Lipinski definition) is 1. The van der Waals surface area contributed by atoms with Crippen molar-refractivity contribution in [2.75, 3.05) is 4.90 Å². The number of hydrogen-bond acceptors (Lipinski definition) is 6. The minimum absolute atomic E-state index is 0.0490. The molecule has 0 bridgehead atoms. The van der Waals surface area contributed by atoms with E-state index in [2.05, 4.69) is 4.98 Å². The first-order chi connectivity index (χ1) is 15.3. The SMILES string of the molecule is Cc1ccc(/C(O)=C2\C(=O)C(=O)N(c3nc4c(F)cc(F)cc4s3)C2c2cccs2)cc1. The molecular weight excluding hydrogens is 454 g/mol. The number of anilines is 1. The molecule has 1 atom stereocenters. The lowest BCUT2D eigenvalue weighted by Crippen LogP contribution is -2.28. The van der Waals surface area contributed by atoms with Gasteiger partial charge in [-0.3, -0.25) is 14.5 Å². The van der Waals surface area contributed by atoms with Crippen molar-refractivity contribution in [3.63, 3.8) is 0 Å². The lowest BCUT2D eigenvalue weighted by atomic mass is 9.99. The summed E-state index contributed by atoms with van der Waals surface area (Å²) in [6.45, 7) is 1.89. The number of benzene rings is 2. The van der Waals surface area contributed by atoms with E-state index in [9.17, 15) is 23.5 Å². The largest absolute Gasteiger partial charge is 0.507 e. The van der Waals surface area contributed by atoms with Gasteiger partial charge in [-0.1, -0.05) is 47.2 Å². The molecule has 2 aromatic heterocycles. The molecule has 2 aromatic carbocycles. The number of aliphatic hydroxyl groups is 1. The first kappa shape index (κ1) is 20.5. The lowest BCUT2D eigenvalue weighted by Gasteiger charge is -2.21. The van der Waals surface area contributed by atoms with E-state index in [-0.39, 0.29) is 26.7 Å². The van der Waals surface area contributed by atoms with Gasteiger partial charge in [-0.05, 0) is 24.4 Å². The van der Waals surface area contributed by atoms with E-state index in [1.807, 2.05) is 6.92 Å². The van der Waals surface area contributed by atoms with Crippen LogP contribution in [0.25, 0.3) is 16.0 Å². The fourth-order valence-corrected chi connectivity index (χ4v) is 5.52. The van der Waals surface area contributed by atoms with Gasteiger partial charge in [-0.15, -0.1) is 11.3 Å². The highest BCUT2D eigenvalue weighted by Crippen LogP contribution is 2.45. The van der Waals surface area contributed by atoms with E-state index in [1.165, 1.54) is 11.3 Å². The second-order valence-electron chi connectivity index (χ2n) is 7.28. The van der Waals surface area contributed by atoms with Gasteiger partial charge in [0.2, 0.25) is 0 Å². The predicted molar refractivity (Wildman–Crippen MR) is 120 cm³/mol. The first-order valence-electron chi connectivity index (χ1n) is 9.52. The molecule has 0 aliphatic carbocycles. The Morgan fingerprint density at radius 1 is 1.12 bits per heavy atom. The Labute approximate surface area is 188 Å². The van der Waals surface area contributed by atoms with Crippen LogP contribution in [0, 0.1) is 18.6 Å².